The van der Waals surface area contributed by atoms with Crippen molar-refractivity contribution in [1.82, 2.24) is 4.57 Å². The molecule has 0 bridgehead atoms. The lowest BCUT2D eigenvalue weighted by atomic mass is 10.2. The van der Waals surface area contributed by atoms with Crippen molar-refractivity contribution in [2.24, 2.45) is 4.99 Å². The molecule has 1 amide bonds. The highest BCUT2D eigenvalue weighted by molar-refractivity contribution is 9.10. The molecular formula is C20H13BrN2O5S. The number of thiazole rings is 1. The van der Waals surface area contributed by atoms with Crippen LogP contribution < -0.4 is 10.4 Å². The number of rotatable bonds is 3. The Kier molecular flexibility index (Phi) is 5.16. The molecule has 0 saturated heterocycles. The number of hydrogen-bond acceptors (Lipinski definition) is 6. The minimum atomic E-state index is -0.763. The summed E-state index contributed by atoms with van der Waals surface area (Å²) in [6.45, 7) is -0.115. The van der Waals surface area contributed by atoms with Crippen LogP contribution in [0.1, 0.15) is 10.4 Å². The van der Waals surface area contributed by atoms with Crippen molar-refractivity contribution < 1.29 is 18.7 Å². The predicted molar refractivity (Wildman–Crippen MR) is 112 cm³/mol. The molecule has 0 radical (unpaired) electrons. The first-order chi connectivity index (χ1) is 14.0. The third-order valence-electron chi connectivity index (χ3n) is 4.23. The molecule has 0 aliphatic rings. The van der Waals surface area contributed by atoms with Crippen LogP contribution >= 0.6 is 27.3 Å². The molecule has 0 atom stereocenters. The van der Waals surface area contributed by atoms with E-state index >= 15 is 0 Å². The van der Waals surface area contributed by atoms with Gasteiger partial charge in [-0.25, -0.2) is 4.79 Å². The quantitative estimate of drug-likeness (QED) is 0.336. The molecule has 9 heteroatoms. The first-order valence-electron chi connectivity index (χ1n) is 8.44. The molecule has 4 rings (SSSR count). The highest BCUT2D eigenvalue weighted by atomic mass is 79.9. The molecule has 4 aromatic rings. The van der Waals surface area contributed by atoms with Gasteiger partial charge < -0.3 is 13.7 Å². The van der Waals surface area contributed by atoms with Gasteiger partial charge in [0.1, 0.15) is 17.7 Å². The normalized spacial score (nSPS) is 11.9. The summed E-state index contributed by atoms with van der Waals surface area (Å²) < 4.78 is 13.2. The summed E-state index contributed by atoms with van der Waals surface area (Å²) in [4.78, 5) is 41.3. The molecule has 0 aliphatic carbocycles. The molecule has 0 saturated carbocycles. The number of benzene rings is 2. The second-order valence-corrected chi connectivity index (χ2v) is 7.99. The average molecular weight is 473 g/mol. The smallest absolute Gasteiger partial charge is 0.349 e. The van der Waals surface area contributed by atoms with Gasteiger partial charge in [0.25, 0.3) is 5.91 Å². The molecule has 0 unspecified atom stereocenters. The van der Waals surface area contributed by atoms with Gasteiger partial charge in [-0.05, 0) is 30.3 Å². The SMILES string of the molecule is COC(=O)Cn1c(=NC(=O)c2cc3ccccc3oc2=O)sc2cc(Br)ccc21. The number of nitrogens with zero attached hydrogens (tertiary/aromatic N) is 2. The van der Waals surface area contributed by atoms with E-state index in [0.717, 1.165) is 14.7 Å². The molecule has 7 nitrogen and oxygen atoms in total. The number of carbonyl (C=O) groups excluding carboxylic acids is 2. The van der Waals surface area contributed by atoms with Crippen LogP contribution in [0.3, 0.4) is 0 Å². The van der Waals surface area contributed by atoms with E-state index < -0.39 is 17.5 Å². The van der Waals surface area contributed by atoms with Gasteiger partial charge in [0.2, 0.25) is 0 Å². The fourth-order valence-corrected chi connectivity index (χ4v) is 4.42. The molecule has 29 heavy (non-hydrogen) atoms. The molecule has 146 valence electrons. The van der Waals surface area contributed by atoms with Gasteiger partial charge in [0.15, 0.2) is 4.80 Å². The van der Waals surface area contributed by atoms with Gasteiger partial charge in [0, 0.05) is 9.86 Å². The fourth-order valence-electron chi connectivity index (χ4n) is 2.84. The number of carbonyl (C=O) groups is 2. The molecule has 0 fully saturated rings. The Hall–Kier alpha value is -3.04. The molecular weight excluding hydrogens is 460 g/mol. The van der Waals surface area contributed by atoms with Crippen LogP contribution in [-0.2, 0) is 16.1 Å². The van der Waals surface area contributed by atoms with Gasteiger partial charge in [-0.2, -0.15) is 4.99 Å². The highest BCUT2D eigenvalue weighted by Gasteiger charge is 2.16. The highest BCUT2D eigenvalue weighted by Crippen LogP contribution is 2.22. The number of hydrogen-bond donors (Lipinski definition) is 0. The van der Waals surface area contributed by atoms with Crippen molar-refractivity contribution in [1.29, 1.82) is 0 Å². The Morgan fingerprint density at radius 2 is 2.00 bits per heavy atom. The van der Waals surface area contributed by atoms with Crippen LogP contribution in [-0.4, -0.2) is 23.6 Å². The number of halogens is 1. The van der Waals surface area contributed by atoms with E-state index in [4.69, 9.17) is 9.15 Å². The fraction of sp³-hybridized carbons (Fsp3) is 0.100. The maximum absolute atomic E-state index is 12.8. The molecule has 0 aliphatic heterocycles. The zero-order valence-electron chi connectivity index (χ0n) is 15.0. The minimum Gasteiger partial charge on any atom is -0.468 e. The Balaban J connectivity index is 1.88. The topological polar surface area (TPSA) is 90.9 Å². The predicted octanol–water partition coefficient (Wildman–Crippen LogP) is 3.49. The van der Waals surface area contributed by atoms with Crippen molar-refractivity contribution >= 4 is 60.3 Å². The van der Waals surface area contributed by atoms with E-state index in [9.17, 15) is 14.4 Å². The Morgan fingerprint density at radius 3 is 2.79 bits per heavy atom. The van der Waals surface area contributed by atoms with E-state index in [1.54, 1.807) is 28.8 Å². The molecule has 2 aromatic carbocycles. The summed E-state index contributed by atoms with van der Waals surface area (Å²) in [5.74, 6) is -1.22. The first kappa shape index (κ1) is 19.3. The second-order valence-electron chi connectivity index (χ2n) is 6.06. The van der Waals surface area contributed by atoms with Crippen molar-refractivity contribution in [3.8, 4) is 0 Å². The molecule has 2 heterocycles. The summed E-state index contributed by atoms with van der Waals surface area (Å²) in [6, 6.07) is 13.9. The van der Waals surface area contributed by atoms with Crippen LogP contribution in [0, 0.1) is 0 Å². The van der Waals surface area contributed by atoms with Crippen molar-refractivity contribution in [3.63, 3.8) is 0 Å². The van der Waals surface area contributed by atoms with Crippen molar-refractivity contribution in [2.45, 2.75) is 6.54 Å². The Morgan fingerprint density at radius 1 is 1.21 bits per heavy atom. The Bertz CT molecular complexity index is 1400. The van der Waals surface area contributed by atoms with Gasteiger partial charge in [-0.3, -0.25) is 9.59 Å². The van der Waals surface area contributed by atoms with Gasteiger partial charge >= 0.3 is 11.6 Å². The largest absolute Gasteiger partial charge is 0.468 e. The Labute approximate surface area is 176 Å². The number of esters is 1. The standard InChI is InChI=1S/C20H13BrN2O5S/c1-27-17(24)10-23-14-7-6-12(21)9-16(14)29-20(23)22-18(25)13-8-11-4-2-3-5-15(11)28-19(13)26/h2-9H,10H2,1H3. The van der Waals surface area contributed by atoms with Crippen molar-refractivity contribution in [3.05, 3.63) is 73.8 Å². The molecule has 2 aromatic heterocycles. The van der Waals surface area contributed by atoms with Crippen molar-refractivity contribution in [2.75, 3.05) is 7.11 Å². The van der Waals surface area contributed by atoms with E-state index in [0.29, 0.717) is 11.0 Å². The monoisotopic (exact) mass is 472 g/mol. The number of aromatic nitrogens is 1. The number of methoxy groups -OCH3 is 1. The van der Waals surface area contributed by atoms with Crippen LogP contribution in [0.15, 0.2) is 67.2 Å². The molecule has 0 N–H and O–H groups in total. The van der Waals surface area contributed by atoms with E-state index in [1.807, 2.05) is 18.2 Å². The lowest BCUT2D eigenvalue weighted by molar-refractivity contribution is -0.141. The third-order valence-corrected chi connectivity index (χ3v) is 5.76. The van der Waals surface area contributed by atoms with Crippen LogP contribution in [0.5, 0.6) is 0 Å². The van der Waals surface area contributed by atoms with E-state index in [1.165, 1.54) is 24.5 Å². The van der Waals surface area contributed by atoms with E-state index in [-0.39, 0.29) is 16.9 Å². The maximum Gasteiger partial charge on any atom is 0.349 e. The van der Waals surface area contributed by atoms with Crippen LogP contribution in [0.25, 0.3) is 21.2 Å². The number of fused-ring (bicyclic) bond motifs is 2. The van der Waals surface area contributed by atoms with Gasteiger partial charge in [-0.15, -0.1) is 0 Å². The van der Waals surface area contributed by atoms with Gasteiger partial charge in [-0.1, -0.05) is 45.5 Å². The number of amides is 1. The summed E-state index contributed by atoms with van der Waals surface area (Å²) in [6.07, 6.45) is 0. The summed E-state index contributed by atoms with van der Waals surface area (Å²) >= 11 is 4.63. The second kappa shape index (κ2) is 7.76. The first-order valence-corrected chi connectivity index (χ1v) is 10.0. The number of para-hydroxylation sites is 1. The third kappa shape index (κ3) is 3.79. The molecule has 0 spiro atoms. The van der Waals surface area contributed by atoms with Crippen LogP contribution in [0.2, 0.25) is 0 Å². The lowest BCUT2D eigenvalue weighted by Gasteiger charge is -2.03. The minimum absolute atomic E-state index is 0.115. The summed E-state index contributed by atoms with van der Waals surface area (Å²) in [5, 5.41) is 0.619. The number of ether oxygens (including phenoxy) is 1. The zero-order valence-corrected chi connectivity index (χ0v) is 17.5. The van der Waals surface area contributed by atoms with Crippen LogP contribution in [0.4, 0.5) is 0 Å². The summed E-state index contributed by atoms with van der Waals surface area (Å²) in [7, 11) is 1.29. The summed E-state index contributed by atoms with van der Waals surface area (Å²) in [5.41, 5.74) is 0.176. The van der Waals surface area contributed by atoms with Gasteiger partial charge in [0.05, 0.1) is 17.3 Å². The lowest BCUT2D eigenvalue weighted by Crippen LogP contribution is -2.23. The zero-order chi connectivity index (χ0) is 20.5. The average Bonchev–Trinajstić information content (AvgIpc) is 3.03. The van der Waals surface area contributed by atoms with E-state index in [2.05, 4.69) is 20.9 Å². The maximum atomic E-state index is 12.8.